The molecule has 0 aromatic carbocycles. The van der Waals surface area contributed by atoms with Crippen LogP contribution in [0.1, 0.15) is 96.9 Å². The SMILES string of the molecule is CCN(CC)CCCC1CCN(Nc2nc(NC3CCC(N)CC3)nc3c2ncn3C2CCCC2)CC1. The van der Waals surface area contributed by atoms with Gasteiger partial charge in [-0.25, -0.2) is 9.99 Å². The Bertz CT molecular complexity index is 965. The van der Waals surface area contributed by atoms with Gasteiger partial charge >= 0.3 is 0 Å². The summed E-state index contributed by atoms with van der Waals surface area (Å²) in [6, 6.07) is 1.23. The van der Waals surface area contributed by atoms with Crippen LogP contribution in [0.4, 0.5) is 11.8 Å². The fourth-order valence-corrected chi connectivity index (χ4v) is 6.58. The van der Waals surface area contributed by atoms with Crippen LogP contribution in [0.3, 0.4) is 0 Å². The number of nitrogens with one attached hydrogen (secondary N) is 2. The van der Waals surface area contributed by atoms with Crippen molar-refractivity contribution in [1.29, 1.82) is 0 Å². The van der Waals surface area contributed by atoms with Crippen LogP contribution < -0.4 is 16.5 Å². The maximum atomic E-state index is 6.14. The van der Waals surface area contributed by atoms with Crippen molar-refractivity contribution in [3.63, 3.8) is 0 Å². The number of nitrogens with two attached hydrogens (primary N) is 1. The lowest BCUT2D eigenvalue weighted by molar-refractivity contribution is 0.200. The smallest absolute Gasteiger partial charge is 0.227 e. The Morgan fingerprint density at radius 3 is 2.41 bits per heavy atom. The first kappa shape index (κ1) is 26.6. The summed E-state index contributed by atoms with van der Waals surface area (Å²) in [4.78, 5) is 17.3. The molecule has 2 aromatic heterocycles. The highest BCUT2D eigenvalue weighted by atomic mass is 15.5. The van der Waals surface area contributed by atoms with E-state index in [0.717, 1.165) is 80.7 Å². The van der Waals surface area contributed by atoms with E-state index in [-0.39, 0.29) is 0 Å². The summed E-state index contributed by atoms with van der Waals surface area (Å²) in [7, 11) is 0. The number of nitrogens with zero attached hydrogens (tertiary/aromatic N) is 6. The molecular weight excluding hydrogens is 462 g/mol. The molecule has 206 valence electrons. The van der Waals surface area contributed by atoms with Gasteiger partial charge in [-0.3, -0.25) is 0 Å². The average Bonchev–Trinajstić information content (AvgIpc) is 3.59. The van der Waals surface area contributed by atoms with Crippen LogP contribution in [0.25, 0.3) is 11.2 Å². The Morgan fingerprint density at radius 2 is 1.70 bits per heavy atom. The standard InChI is InChI=1S/C28H49N9/c1-3-35(4-2)17-7-8-21-15-18-36(19-16-21)34-26-25-27(37(20-30-25)24-9-5-6-10-24)33-28(32-26)31-23-13-11-22(29)12-14-23/h20-24H,3-19,29H2,1-2H3,(H2,31,32,33,34). The Labute approximate surface area is 222 Å². The minimum atomic E-state index is 0.336. The van der Waals surface area contributed by atoms with Gasteiger partial charge in [-0.15, -0.1) is 0 Å². The molecule has 0 amide bonds. The summed E-state index contributed by atoms with van der Waals surface area (Å²) in [5.41, 5.74) is 11.7. The third kappa shape index (κ3) is 6.73. The van der Waals surface area contributed by atoms with Crippen molar-refractivity contribution in [2.45, 2.75) is 109 Å². The van der Waals surface area contributed by atoms with Crippen LogP contribution in [0, 0.1) is 5.92 Å². The van der Waals surface area contributed by atoms with Crippen molar-refractivity contribution in [2.24, 2.45) is 11.7 Å². The van der Waals surface area contributed by atoms with Gasteiger partial charge < -0.3 is 25.9 Å². The Kier molecular flexibility index (Phi) is 9.15. The Hall–Kier alpha value is -1.97. The van der Waals surface area contributed by atoms with E-state index in [0.29, 0.717) is 18.1 Å². The lowest BCUT2D eigenvalue weighted by Crippen LogP contribution is -2.38. The summed E-state index contributed by atoms with van der Waals surface area (Å²) in [6.07, 6.45) is 16.4. The molecule has 0 spiro atoms. The minimum absolute atomic E-state index is 0.336. The van der Waals surface area contributed by atoms with Crippen LogP contribution >= 0.6 is 0 Å². The molecule has 3 heterocycles. The van der Waals surface area contributed by atoms with Crippen molar-refractivity contribution in [1.82, 2.24) is 29.4 Å². The maximum absolute atomic E-state index is 6.14. The highest BCUT2D eigenvalue weighted by Crippen LogP contribution is 2.34. The highest BCUT2D eigenvalue weighted by molar-refractivity contribution is 5.84. The summed E-state index contributed by atoms with van der Waals surface area (Å²) in [5, 5.41) is 5.99. The van der Waals surface area contributed by atoms with Crippen molar-refractivity contribution < 1.29 is 0 Å². The van der Waals surface area contributed by atoms with Gasteiger partial charge in [0, 0.05) is 31.2 Å². The van der Waals surface area contributed by atoms with Gasteiger partial charge in [0.1, 0.15) is 0 Å². The largest absolute Gasteiger partial charge is 0.351 e. The molecule has 5 rings (SSSR count). The van der Waals surface area contributed by atoms with Gasteiger partial charge in [-0.1, -0.05) is 26.7 Å². The number of hydrazine groups is 1. The number of imidazole rings is 1. The summed E-state index contributed by atoms with van der Waals surface area (Å²) < 4.78 is 2.30. The van der Waals surface area contributed by atoms with E-state index in [1.807, 2.05) is 6.33 Å². The van der Waals surface area contributed by atoms with Crippen molar-refractivity contribution in [3.8, 4) is 0 Å². The minimum Gasteiger partial charge on any atom is -0.351 e. The van der Waals surface area contributed by atoms with Crippen LogP contribution in [-0.4, -0.2) is 74.2 Å². The van der Waals surface area contributed by atoms with E-state index in [1.165, 1.54) is 57.9 Å². The molecule has 2 aromatic rings. The summed E-state index contributed by atoms with van der Waals surface area (Å²) in [5.74, 6) is 2.40. The van der Waals surface area contributed by atoms with Crippen LogP contribution in [-0.2, 0) is 0 Å². The number of aromatic nitrogens is 4. The number of rotatable bonds is 11. The highest BCUT2D eigenvalue weighted by Gasteiger charge is 2.25. The van der Waals surface area contributed by atoms with Crippen LogP contribution in [0.5, 0.6) is 0 Å². The zero-order chi connectivity index (χ0) is 25.6. The third-order valence-electron chi connectivity index (χ3n) is 9.10. The van der Waals surface area contributed by atoms with E-state index in [1.54, 1.807) is 0 Å². The van der Waals surface area contributed by atoms with Crippen LogP contribution in [0.15, 0.2) is 6.33 Å². The number of anilines is 2. The van der Waals surface area contributed by atoms with Gasteiger partial charge in [-0.2, -0.15) is 9.97 Å². The van der Waals surface area contributed by atoms with E-state index in [2.05, 4.69) is 39.1 Å². The lowest BCUT2D eigenvalue weighted by atomic mass is 9.92. The first-order chi connectivity index (χ1) is 18.1. The van der Waals surface area contributed by atoms with Crippen molar-refractivity contribution in [2.75, 3.05) is 43.5 Å². The fraction of sp³-hybridized carbons (Fsp3) is 0.821. The monoisotopic (exact) mass is 511 g/mol. The van der Waals surface area contributed by atoms with E-state index >= 15 is 0 Å². The molecule has 4 N–H and O–H groups in total. The molecule has 2 saturated carbocycles. The van der Waals surface area contributed by atoms with E-state index in [4.69, 9.17) is 20.7 Å². The number of hydrogen-bond donors (Lipinski definition) is 3. The molecule has 3 fully saturated rings. The van der Waals surface area contributed by atoms with Gasteiger partial charge in [0.25, 0.3) is 0 Å². The van der Waals surface area contributed by atoms with Gasteiger partial charge in [0.15, 0.2) is 17.0 Å². The topological polar surface area (TPSA) is 100 Å². The first-order valence-electron chi connectivity index (χ1n) is 15.1. The maximum Gasteiger partial charge on any atom is 0.227 e. The second-order valence-electron chi connectivity index (χ2n) is 11.6. The lowest BCUT2D eigenvalue weighted by Gasteiger charge is -2.33. The molecular formula is C28H49N9. The van der Waals surface area contributed by atoms with Gasteiger partial charge in [-0.05, 0) is 89.8 Å². The molecule has 3 aliphatic rings. The zero-order valence-corrected chi connectivity index (χ0v) is 23.2. The number of piperidine rings is 1. The molecule has 0 atom stereocenters. The second-order valence-corrected chi connectivity index (χ2v) is 11.6. The number of hydrogen-bond acceptors (Lipinski definition) is 8. The fourth-order valence-electron chi connectivity index (χ4n) is 6.58. The van der Waals surface area contributed by atoms with Gasteiger partial charge in [0.05, 0.1) is 6.33 Å². The van der Waals surface area contributed by atoms with Crippen molar-refractivity contribution >= 4 is 22.9 Å². The zero-order valence-electron chi connectivity index (χ0n) is 23.2. The van der Waals surface area contributed by atoms with E-state index in [9.17, 15) is 0 Å². The predicted octanol–water partition coefficient (Wildman–Crippen LogP) is 4.78. The Balaban J connectivity index is 1.25. The molecule has 1 aliphatic heterocycles. The molecule has 9 nitrogen and oxygen atoms in total. The van der Waals surface area contributed by atoms with Crippen LogP contribution in [0.2, 0.25) is 0 Å². The molecule has 9 heteroatoms. The molecule has 37 heavy (non-hydrogen) atoms. The summed E-state index contributed by atoms with van der Waals surface area (Å²) in [6.45, 7) is 10.2. The predicted molar refractivity (Wildman–Crippen MR) is 152 cm³/mol. The second kappa shape index (κ2) is 12.7. The average molecular weight is 512 g/mol. The quantitative estimate of drug-likeness (QED) is 0.396. The number of fused-ring (bicyclic) bond motifs is 1. The Morgan fingerprint density at radius 1 is 0.973 bits per heavy atom. The normalized spacial score (nSPS) is 24.3. The first-order valence-corrected chi connectivity index (χ1v) is 15.1. The molecule has 0 bridgehead atoms. The third-order valence-corrected chi connectivity index (χ3v) is 9.10. The van der Waals surface area contributed by atoms with E-state index < -0.39 is 0 Å². The van der Waals surface area contributed by atoms with Crippen molar-refractivity contribution in [3.05, 3.63) is 6.33 Å². The van der Waals surface area contributed by atoms with Gasteiger partial charge in [0.2, 0.25) is 5.95 Å². The summed E-state index contributed by atoms with van der Waals surface area (Å²) >= 11 is 0. The molecule has 2 aliphatic carbocycles. The molecule has 1 saturated heterocycles. The molecule has 0 radical (unpaired) electrons. The molecule has 0 unspecified atom stereocenters.